The summed E-state index contributed by atoms with van der Waals surface area (Å²) in [6.07, 6.45) is 1.58. The van der Waals surface area contributed by atoms with Crippen LogP contribution in [0.4, 0.5) is 4.39 Å². The van der Waals surface area contributed by atoms with E-state index >= 15 is 0 Å². The molecule has 0 aliphatic rings. The third-order valence-corrected chi connectivity index (χ3v) is 2.92. The zero-order valence-electron chi connectivity index (χ0n) is 10.2. The molecule has 2 rings (SSSR count). The lowest BCUT2D eigenvalue weighted by atomic mass is 10.1. The number of halogens is 2. The molecule has 0 spiro atoms. The van der Waals surface area contributed by atoms with E-state index in [1.165, 1.54) is 18.2 Å². The summed E-state index contributed by atoms with van der Waals surface area (Å²) < 4.78 is 13.7. The number of hydrogen-bond acceptors (Lipinski definition) is 2. The topological polar surface area (TPSA) is 74.0 Å². The molecule has 0 fully saturated rings. The van der Waals surface area contributed by atoms with Crippen molar-refractivity contribution in [2.45, 2.75) is 6.42 Å². The van der Waals surface area contributed by atoms with Gasteiger partial charge >= 0.3 is 0 Å². The van der Waals surface area contributed by atoms with Gasteiger partial charge in [-0.25, -0.2) is 4.39 Å². The largest absolute Gasteiger partial charge is 0.356 e. The molecule has 2 amide bonds. The Morgan fingerprint density at radius 3 is 2.70 bits per heavy atom. The average Bonchev–Trinajstić information content (AvgIpc) is 2.83. The number of amides is 2. The molecule has 20 heavy (non-hydrogen) atoms. The molecular weight excluding hydrogens is 329 g/mol. The molecule has 0 saturated heterocycles. The van der Waals surface area contributed by atoms with Gasteiger partial charge in [0.25, 0.3) is 5.91 Å². The third kappa shape index (κ3) is 3.92. The molecule has 1 aromatic carbocycles. The van der Waals surface area contributed by atoms with Gasteiger partial charge in [-0.1, -0.05) is 12.1 Å². The highest BCUT2D eigenvalue weighted by Gasteiger charge is 2.09. The SMILES string of the molecule is O=C(Cc1cccc(F)c1)NNC(=O)c1cc(Br)c[nH]1. The Bertz CT molecular complexity index is 642. The van der Waals surface area contributed by atoms with Crippen molar-refractivity contribution in [3.8, 4) is 0 Å². The lowest BCUT2D eigenvalue weighted by Crippen LogP contribution is -2.42. The van der Waals surface area contributed by atoms with E-state index < -0.39 is 17.6 Å². The number of nitrogens with one attached hydrogen (secondary N) is 3. The minimum Gasteiger partial charge on any atom is -0.356 e. The predicted octanol–water partition coefficient (Wildman–Crippen LogP) is 1.92. The molecule has 0 aliphatic carbocycles. The van der Waals surface area contributed by atoms with Gasteiger partial charge in [-0.05, 0) is 39.7 Å². The Morgan fingerprint density at radius 1 is 1.25 bits per heavy atom. The number of hydrazine groups is 1. The highest BCUT2D eigenvalue weighted by atomic mass is 79.9. The summed E-state index contributed by atoms with van der Waals surface area (Å²) in [6.45, 7) is 0. The van der Waals surface area contributed by atoms with Crippen LogP contribution in [-0.4, -0.2) is 16.8 Å². The van der Waals surface area contributed by atoms with E-state index in [1.54, 1.807) is 18.3 Å². The van der Waals surface area contributed by atoms with Crippen LogP contribution in [0.3, 0.4) is 0 Å². The first kappa shape index (κ1) is 14.3. The molecular formula is C13H11BrFN3O2. The Hall–Kier alpha value is -2.15. The molecule has 0 radical (unpaired) electrons. The van der Waals surface area contributed by atoms with Crippen LogP contribution in [0.25, 0.3) is 0 Å². The zero-order valence-corrected chi connectivity index (χ0v) is 11.8. The fourth-order valence-corrected chi connectivity index (χ4v) is 1.91. The predicted molar refractivity (Wildman–Crippen MR) is 74.2 cm³/mol. The first-order valence-corrected chi connectivity index (χ1v) is 6.51. The van der Waals surface area contributed by atoms with Gasteiger partial charge in [0.15, 0.2) is 0 Å². The molecule has 7 heteroatoms. The monoisotopic (exact) mass is 339 g/mol. The number of carbonyl (C=O) groups excluding carboxylic acids is 2. The maximum atomic E-state index is 12.9. The second-order valence-corrected chi connectivity index (χ2v) is 4.96. The van der Waals surface area contributed by atoms with Crippen molar-refractivity contribution in [3.05, 3.63) is 58.1 Å². The summed E-state index contributed by atoms with van der Waals surface area (Å²) in [5.74, 6) is -1.31. The quantitative estimate of drug-likeness (QED) is 0.747. The lowest BCUT2D eigenvalue weighted by Gasteiger charge is -2.06. The molecule has 3 N–H and O–H groups in total. The average molecular weight is 340 g/mol. The molecule has 0 atom stereocenters. The van der Waals surface area contributed by atoms with Crippen LogP contribution in [0.1, 0.15) is 16.1 Å². The van der Waals surface area contributed by atoms with E-state index in [0.29, 0.717) is 11.3 Å². The standard InChI is InChI=1S/C13H11BrFN3O2/c14-9-6-11(16-7-9)13(20)18-17-12(19)5-8-2-1-3-10(15)4-8/h1-4,6-7,16H,5H2,(H,17,19)(H,18,20). The van der Waals surface area contributed by atoms with Crippen LogP contribution in [0, 0.1) is 5.82 Å². The highest BCUT2D eigenvalue weighted by molar-refractivity contribution is 9.10. The Labute approximate surface area is 122 Å². The Balaban J connectivity index is 1.85. The van der Waals surface area contributed by atoms with Crippen LogP contribution in [0.5, 0.6) is 0 Å². The normalized spacial score (nSPS) is 10.1. The fourth-order valence-electron chi connectivity index (χ4n) is 1.57. The van der Waals surface area contributed by atoms with Gasteiger partial charge in [0, 0.05) is 10.7 Å². The number of aromatic nitrogens is 1. The van der Waals surface area contributed by atoms with Crippen molar-refractivity contribution in [2.75, 3.05) is 0 Å². The summed E-state index contributed by atoms with van der Waals surface area (Å²) in [6, 6.07) is 7.30. The maximum Gasteiger partial charge on any atom is 0.286 e. The second kappa shape index (κ2) is 6.33. The summed E-state index contributed by atoms with van der Waals surface area (Å²) in [5.41, 5.74) is 5.36. The zero-order chi connectivity index (χ0) is 14.5. The molecule has 2 aromatic rings. The summed E-state index contributed by atoms with van der Waals surface area (Å²) in [4.78, 5) is 26.0. The van der Waals surface area contributed by atoms with Crippen molar-refractivity contribution in [1.29, 1.82) is 0 Å². The number of hydrogen-bond donors (Lipinski definition) is 3. The van der Waals surface area contributed by atoms with Crippen molar-refractivity contribution in [2.24, 2.45) is 0 Å². The number of H-pyrrole nitrogens is 1. The van der Waals surface area contributed by atoms with Crippen molar-refractivity contribution in [1.82, 2.24) is 15.8 Å². The molecule has 1 heterocycles. The van der Waals surface area contributed by atoms with Gasteiger partial charge in [0.1, 0.15) is 11.5 Å². The van der Waals surface area contributed by atoms with Gasteiger partial charge in [-0.2, -0.15) is 0 Å². The fraction of sp³-hybridized carbons (Fsp3) is 0.0769. The summed E-state index contributed by atoms with van der Waals surface area (Å²) in [7, 11) is 0. The molecule has 0 saturated carbocycles. The van der Waals surface area contributed by atoms with Gasteiger partial charge in [0.2, 0.25) is 5.91 Å². The van der Waals surface area contributed by atoms with E-state index in [9.17, 15) is 14.0 Å². The Kier molecular flexibility index (Phi) is 4.52. The van der Waals surface area contributed by atoms with Crippen LogP contribution in [0.2, 0.25) is 0 Å². The van der Waals surface area contributed by atoms with Crippen LogP contribution in [-0.2, 0) is 11.2 Å². The van der Waals surface area contributed by atoms with E-state index in [-0.39, 0.29) is 6.42 Å². The lowest BCUT2D eigenvalue weighted by molar-refractivity contribution is -0.121. The summed E-state index contributed by atoms with van der Waals surface area (Å²) >= 11 is 3.20. The van der Waals surface area contributed by atoms with Crippen molar-refractivity contribution < 1.29 is 14.0 Å². The molecule has 0 unspecified atom stereocenters. The van der Waals surface area contributed by atoms with E-state index in [1.807, 2.05) is 0 Å². The van der Waals surface area contributed by atoms with Gasteiger partial charge in [0.05, 0.1) is 6.42 Å². The van der Waals surface area contributed by atoms with Crippen LogP contribution in [0.15, 0.2) is 41.0 Å². The maximum absolute atomic E-state index is 12.9. The second-order valence-electron chi connectivity index (χ2n) is 4.04. The minimum absolute atomic E-state index is 0.0214. The number of carbonyl (C=O) groups is 2. The van der Waals surface area contributed by atoms with Crippen molar-refractivity contribution >= 4 is 27.7 Å². The molecule has 1 aromatic heterocycles. The number of benzene rings is 1. The Morgan fingerprint density at radius 2 is 2.05 bits per heavy atom. The van der Waals surface area contributed by atoms with Gasteiger partial charge in [-0.15, -0.1) is 0 Å². The van der Waals surface area contributed by atoms with Gasteiger partial charge in [-0.3, -0.25) is 20.4 Å². The third-order valence-electron chi connectivity index (χ3n) is 2.46. The van der Waals surface area contributed by atoms with Crippen LogP contribution >= 0.6 is 15.9 Å². The first-order valence-electron chi connectivity index (χ1n) is 5.72. The van der Waals surface area contributed by atoms with Gasteiger partial charge < -0.3 is 4.98 Å². The first-order chi connectivity index (χ1) is 9.54. The number of rotatable bonds is 3. The minimum atomic E-state index is -0.469. The van der Waals surface area contributed by atoms with Crippen molar-refractivity contribution in [3.63, 3.8) is 0 Å². The summed E-state index contributed by atoms with van der Waals surface area (Å²) in [5, 5.41) is 0. The molecule has 104 valence electrons. The smallest absolute Gasteiger partial charge is 0.286 e. The van der Waals surface area contributed by atoms with E-state index in [2.05, 4.69) is 31.8 Å². The highest BCUT2D eigenvalue weighted by Crippen LogP contribution is 2.10. The van der Waals surface area contributed by atoms with E-state index in [4.69, 9.17) is 0 Å². The van der Waals surface area contributed by atoms with Crippen LogP contribution < -0.4 is 10.9 Å². The molecule has 5 nitrogen and oxygen atoms in total. The molecule has 0 aliphatic heterocycles. The number of aromatic amines is 1. The molecule has 0 bridgehead atoms. The van der Waals surface area contributed by atoms with E-state index in [0.717, 1.165) is 4.47 Å².